The first-order chi connectivity index (χ1) is 10.4. The minimum absolute atomic E-state index is 0. The molecule has 0 bridgehead atoms. The summed E-state index contributed by atoms with van der Waals surface area (Å²) in [6, 6.07) is 4.57. The quantitative estimate of drug-likeness (QED) is 0.665. The maximum absolute atomic E-state index is 11.9. The highest BCUT2D eigenvalue weighted by Crippen LogP contribution is 2.29. The van der Waals surface area contributed by atoms with E-state index in [0.29, 0.717) is 29.4 Å². The maximum atomic E-state index is 11.9. The molecule has 0 saturated heterocycles. The number of methoxy groups -OCH3 is 2. The van der Waals surface area contributed by atoms with E-state index in [4.69, 9.17) is 15.2 Å². The molecule has 0 aromatic heterocycles. The van der Waals surface area contributed by atoms with Crippen LogP contribution in [-0.2, 0) is 4.79 Å². The number of benzene rings is 1. The van der Waals surface area contributed by atoms with Crippen LogP contribution in [0.3, 0.4) is 0 Å². The number of hydrogen-bond acceptors (Lipinski definition) is 5. The van der Waals surface area contributed by atoms with E-state index in [1.54, 1.807) is 25.3 Å². The zero-order chi connectivity index (χ0) is 16.7. The fraction of sp³-hybridized carbons (Fsp3) is 0.562. The molecule has 0 fully saturated rings. The summed E-state index contributed by atoms with van der Waals surface area (Å²) in [5.74, 6) is 1.21. The van der Waals surface area contributed by atoms with Gasteiger partial charge in [0.15, 0.2) is 0 Å². The third-order valence-electron chi connectivity index (χ3n) is 3.33. The van der Waals surface area contributed by atoms with Crippen molar-refractivity contribution in [3.05, 3.63) is 23.8 Å². The van der Waals surface area contributed by atoms with Crippen molar-refractivity contribution in [3.63, 3.8) is 0 Å². The molecular formula is C16H27ClN2O4. The Hall–Kier alpha value is -1.50. The molecule has 1 amide bonds. The minimum atomic E-state index is -0.903. The number of aliphatic hydroxyl groups excluding tert-OH is 1. The van der Waals surface area contributed by atoms with Gasteiger partial charge in [-0.25, -0.2) is 0 Å². The number of rotatable bonds is 8. The van der Waals surface area contributed by atoms with Crippen LogP contribution in [0.1, 0.15) is 31.9 Å². The van der Waals surface area contributed by atoms with Gasteiger partial charge in [0.1, 0.15) is 11.5 Å². The van der Waals surface area contributed by atoms with Crippen molar-refractivity contribution in [1.29, 1.82) is 0 Å². The van der Waals surface area contributed by atoms with Crippen LogP contribution in [0, 0.1) is 5.92 Å². The number of halogens is 1. The number of aliphatic hydroxyl groups is 1. The van der Waals surface area contributed by atoms with Crippen LogP contribution in [-0.4, -0.2) is 37.8 Å². The van der Waals surface area contributed by atoms with E-state index >= 15 is 0 Å². The molecule has 0 heterocycles. The van der Waals surface area contributed by atoms with Gasteiger partial charge < -0.3 is 25.6 Å². The van der Waals surface area contributed by atoms with Gasteiger partial charge in [0, 0.05) is 12.1 Å². The molecule has 0 spiro atoms. The second kappa shape index (κ2) is 10.3. The molecule has 0 saturated carbocycles. The van der Waals surface area contributed by atoms with Gasteiger partial charge in [-0.15, -0.1) is 12.4 Å². The number of nitrogens with two attached hydrogens (primary N) is 1. The molecule has 7 heteroatoms. The molecular weight excluding hydrogens is 320 g/mol. The van der Waals surface area contributed by atoms with Crippen molar-refractivity contribution in [3.8, 4) is 11.5 Å². The van der Waals surface area contributed by atoms with Gasteiger partial charge in [-0.3, -0.25) is 4.79 Å². The Morgan fingerprint density at radius 3 is 2.48 bits per heavy atom. The van der Waals surface area contributed by atoms with Crippen LogP contribution in [0.15, 0.2) is 18.2 Å². The molecule has 1 aromatic rings. The molecule has 4 N–H and O–H groups in total. The molecule has 0 aliphatic heterocycles. The Morgan fingerprint density at radius 1 is 1.30 bits per heavy atom. The number of carbonyl (C=O) groups excluding carboxylic acids is 1. The van der Waals surface area contributed by atoms with Gasteiger partial charge in [0.05, 0.1) is 26.4 Å². The fourth-order valence-corrected chi connectivity index (χ4v) is 2.15. The van der Waals surface area contributed by atoms with E-state index in [1.807, 2.05) is 13.8 Å². The summed E-state index contributed by atoms with van der Waals surface area (Å²) in [6.45, 7) is 4.07. The van der Waals surface area contributed by atoms with Crippen molar-refractivity contribution in [2.45, 2.75) is 32.4 Å². The number of carbonyl (C=O) groups is 1. The SMILES string of the molecule is COc1ccc(OC)c(C(O)CNC(=O)[C@@H](N)CC(C)C)c1.Cl. The average Bonchev–Trinajstić information content (AvgIpc) is 2.50. The zero-order valence-electron chi connectivity index (χ0n) is 14.0. The summed E-state index contributed by atoms with van der Waals surface area (Å²) in [5.41, 5.74) is 6.36. The van der Waals surface area contributed by atoms with Crippen LogP contribution in [0.5, 0.6) is 11.5 Å². The Balaban J connectivity index is 0.00000484. The molecule has 6 nitrogen and oxygen atoms in total. The van der Waals surface area contributed by atoms with E-state index in [1.165, 1.54) is 7.11 Å². The van der Waals surface area contributed by atoms with E-state index in [9.17, 15) is 9.90 Å². The van der Waals surface area contributed by atoms with Crippen LogP contribution < -0.4 is 20.5 Å². The highest BCUT2D eigenvalue weighted by molar-refractivity contribution is 5.85. The third kappa shape index (κ3) is 6.64. The summed E-state index contributed by atoms with van der Waals surface area (Å²) in [5, 5.41) is 12.9. The number of amides is 1. The van der Waals surface area contributed by atoms with Crippen LogP contribution >= 0.6 is 12.4 Å². The van der Waals surface area contributed by atoms with Crippen LogP contribution in [0.25, 0.3) is 0 Å². The molecule has 0 aliphatic carbocycles. The average molecular weight is 347 g/mol. The van der Waals surface area contributed by atoms with Gasteiger partial charge in [-0.1, -0.05) is 13.8 Å². The molecule has 132 valence electrons. The standard InChI is InChI=1S/C16H26N2O4.ClH/c1-10(2)7-13(17)16(20)18-9-14(19)12-8-11(21-3)5-6-15(12)22-4;/h5-6,8,10,13-14,19H,7,9,17H2,1-4H3,(H,18,20);1H/t13-,14?;/m0./s1. The molecule has 0 radical (unpaired) electrons. The predicted octanol–water partition coefficient (Wildman–Crippen LogP) is 1.65. The van der Waals surface area contributed by atoms with Crippen molar-refractivity contribution in [1.82, 2.24) is 5.32 Å². The second-order valence-corrected chi connectivity index (χ2v) is 5.60. The first-order valence-electron chi connectivity index (χ1n) is 7.32. The molecule has 1 unspecified atom stereocenters. The first kappa shape index (κ1) is 21.5. The van der Waals surface area contributed by atoms with Gasteiger partial charge in [-0.05, 0) is 30.5 Å². The molecule has 1 aromatic carbocycles. The maximum Gasteiger partial charge on any atom is 0.237 e. The lowest BCUT2D eigenvalue weighted by molar-refractivity contribution is -0.123. The van der Waals surface area contributed by atoms with Gasteiger partial charge in [0.2, 0.25) is 5.91 Å². The van der Waals surface area contributed by atoms with Crippen molar-refractivity contribution in [2.24, 2.45) is 11.7 Å². The van der Waals surface area contributed by atoms with Gasteiger partial charge >= 0.3 is 0 Å². The molecule has 23 heavy (non-hydrogen) atoms. The monoisotopic (exact) mass is 346 g/mol. The lowest BCUT2D eigenvalue weighted by Gasteiger charge is -2.18. The fourth-order valence-electron chi connectivity index (χ4n) is 2.15. The lowest BCUT2D eigenvalue weighted by Crippen LogP contribution is -2.42. The highest BCUT2D eigenvalue weighted by atomic mass is 35.5. The number of ether oxygens (including phenoxy) is 2. The minimum Gasteiger partial charge on any atom is -0.497 e. The topological polar surface area (TPSA) is 93.8 Å². The summed E-state index contributed by atoms with van der Waals surface area (Å²) in [4.78, 5) is 11.9. The first-order valence-corrected chi connectivity index (χ1v) is 7.32. The third-order valence-corrected chi connectivity index (χ3v) is 3.33. The lowest BCUT2D eigenvalue weighted by atomic mass is 10.0. The van der Waals surface area contributed by atoms with E-state index < -0.39 is 12.1 Å². The Morgan fingerprint density at radius 2 is 1.96 bits per heavy atom. The van der Waals surface area contributed by atoms with Crippen LogP contribution in [0.2, 0.25) is 0 Å². The van der Waals surface area contributed by atoms with Crippen molar-refractivity contribution < 1.29 is 19.4 Å². The summed E-state index contributed by atoms with van der Waals surface area (Å²) in [7, 11) is 3.07. The molecule has 0 aliphatic rings. The summed E-state index contributed by atoms with van der Waals surface area (Å²) in [6.07, 6.45) is -0.301. The smallest absolute Gasteiger partial charge is 0.237 e. The number of hydrogen-bond donors (Lipinski definition) is 3. The van der Waals surface area contributed by atoms with E-state index in [-0.39, 0.29) is 24.9 Å². The molecule has 2 atom stereocenters. The summed E-state index contributed by atoms with van der Waals surface area (Å²) < 4.78 is 10.4. The van der Waals surface area contributed by atoms with Gasteiger partial charge in [-0.2, -0.15) is 0 Å². The Kier molecular flexibility index (Phi) is 9.64. The van der Waals surface area contributed by atoms with E-state index in [2.05, 4.69) is 5.32 Å². The van der Waals surface area contributed by atoms with Crippen molar-refractivity contribution >= 4 is 18.3 Å². The Bertz CT molecular complexity index is 497. The van der Waals surface area contributed by atoms with Crippen LogP contribution in [0.4, 0.5) is 0 Å². The largest absolute Gasteiger partial charge is 0.497 e. The van der Waals surface area contributed by atoms with E-state index in [0.717, 1.165) is 0 Å². The highest BCUT2D eigenvalue weighted by Gasteiger charge is 2.19. The van der Waals surface area contributed by atoms with Crippen molar-refractivity contribution in [2.75, 3.05) is 20.8 Å². The predicted molar refractivity (Wildman–Crippen MR) is 92.2 cm³/mol. The molecule has 1 rings (SSSR count). The summed E-state index contributed by atoms with van der Waals surface area (Å²) >= 11 is 0. The Labute approximate surface area is 143 Å². The second-order valence-electron chi connectivity index (χ2n) is 5.60. The normalized spacial score (nSPS) is 13.0. The van der Waals surface area contributed by atoms with Gasteiger partial charge in [0.25, 0.3) is 0 Å². The zero-order valence-corrected chi connectivity index (χ0v) is 14.9. The number of nitrogens with one attached hydrogen (secondary N) is 1.